The maximum absolute atomic E-state index is 10.4. The van der Waals surface area contributed by atoms with Crippen molar-refractivity contribution < 1.29 is 4.79 Å². The van der Waals surface area contributed by atoms with Crippen molar-refractivity contribution in [3.05, 3.63) is 24.8 Å². The fourth-order valence-corrected chi connectivity index (χ4v) is 0.668. The fourth-order valence-electron chi connectivity index (χ4n) is 0.668. The van der Waals surface area contributed by atoms with E-state index in [1.807, 2.05) is 0 Å². The summed E-state index contributed by atoms with van der Waals surface area (Å²) in [5.41, 5.74) is 4.95. The van der Waals surface area contributed by atoms with Crippen molar-refractivity contribution in [3.63, 3.8) is 0 Å². The minimum atomic E-state index is -0.337. The fraction of sp³-hybridized carbons (Fsp3) is 0.167. The highest BCUT2D eigenvalue weighted by Crippen LogP contribution is 1.93. The zero-order valence-electron chi connectivity index (χ0n) is 5.45. The molecule has 1 amide bonds. The summed E-state index contributed by atoms with van der Waals surface area (Å²) in [7, 11) is 0. The number of hydrogen-bond donors (Lipinski definition) is 2. The quantitative estimate of drug-likeness (QED) is 0.533. The van der Waals surface area contributed by atoms with Crippen molar-refractivity contribution in [2.24, 2.45) is 5.73 Å². The van der Waals surface area contributed by atoms with Crippen LogP contribution >= 0.6 is 0 Å². The van der Waals surface area contributed by atoms with Gasteiger partial charge in [0.2, 0.25) is 5.91 Å². The number of carbonyl (C=O) groups excluding carboxylic acids is 1. The van der Waals surface area contributed by atoms with E-state index >= 15 is 0 Å². The van der Waals surface area contributed by atoms with Gasteiger partial charge in [-0.15, -0.1) is 0 Å². The third kappa shape index (κ3) is 1.81. The Kier molecular flexibility index (Phi) is 1.94. The van der Waals surface area contributed by atoms with Gasteiger partial charge in [-0.2, -0.15) is 0 Å². The molecular weight excluding hydrogens is 130 g/mol. The zero-order valence-corrected chi connectivity index (χ0v) is 5.45. The molecule has 1 heterocycles. The van der Waals surface area contributed by atoms with Crippen LogP contribution in [0.2, 0.25) is 0 Å². The standard InChI is InChI=1S/C6H9N3O/c7-6(10)5-9-3-1-8-2-4-9/h1-4,8H,5H2,(H2,7,10). The van der Waals surface area contributed by atoms with Crippen LogP contribution in [0.15, 0.2) is 24.8 Å². The van der Waals surface area contributed by atoms with E-state index in [0.29, 0.717) is 0 Å². The molecule has 4 heteroatoms. The first-order valence-corrected chi connectivity index (χ1v) is 2.92. The molecule has 0 aromatic carbocycles. The summed E-state index contributed by atoms with van der Waals surface area (Å²) >= 11 is 0. The number of rotatable bonds is 2. The van der Waals surface area contributed by atoms with Gasteiger partial charge in [-0.3, -0.25) is 4.79 Å². The van der Waals surface area contributed by atoms with Gasteiger partial charge >= 0.3 is 0 Å². The second-order valence-corrected chi connectivity index (χ2v) is 1.94. The van der Waals surface area contributed by atoms with Crippen LogP contribution in [0.4, 0.5) is 0 Å². The average molecular weight is 139 g/mol. The molecule has 1 rings (SSSR count). The van der Waals surface area contributed by atoms with Gasteiger partial charge in [0.05, 0.1) is 0 Å². The second kappa shape index (κ2) is 2.91. The maximum atomic E-state index is 10.4. The van der Waals surface area contributed by atoms with E-state index in [2.05, 4.69) is 5.32 Å². The van der Waals surface area contributed by atoms with Gasteiger partial charge in [-0.1, -0.05) is 0 Å². The number of nitrogens with two attached hydrogens (primary N) is 1. The molecule has 1 aliphatic heterocycles. The van der Waals surface area contributed by atoms with Crippen molar-refractivity contribution in [1.82, 2.24) is 10.2 Å². The zero-order chi connectivity index (χ0) is 7.40. The van der Waals surface area contributed by atoms with Crippen LogP contribution in [0.1, 0.15) is 0 Å². The smallest absolute Gasteiger partial charge is 0.237 e. The minimum Gasteiger partial charge on any atom is -0.368 e. The van der Waals surface area contributed by atoms with Gasteiger partial charge in [0.15, 0.2) is 0 Å². The van der Waals surface area contributed by atoms with Crippen LogP contribution in [-0.2, 0) is 4.79 Å². The van der Waals surface area contributed by atoms with Gasteiger partial charge in [-0.05, 0) is 0 Å². The van der Waals surface area contributed by atoms with Crippen LogP contribution in [0.25, 0.3) is 0 Å². The number of primary amides is 1. The highest BCUT2D eigenvalue weighted by Gasteiger charge is 1.99. The molecule has 0 aliphatic carbocycles. The lowest BCUT2D eigenvalue weighted by Gasteiger charge is -2.15. The molecule has 0 saturated carbocycles. The van der Waals surface area contributed by atoms with Gasteiger partial charge in [-0.25, -0.2) is 0 Å². The van der Waals surface area contributed by atoms with Crippen LogP contribution < -0.4 is 11.1 Å². The van der Waals surface area contributed by atoms with E-state index < -0.39 is 0 Å². The van der Waals surface area contributed by atoms with Gasteiger partial charge in [0.1, 0.15) is 6.54 Å². The Morgan fingerprint density at radius 1 is 1.50 bits per heavy atom. The summed E-state index contributed by atoms with van der Waals surface area (Å²) in [5.74, 6) is -0.337. The molecule has 10 heavy (non-hydrogen) atoms. The van der Waals surface area contributed by atoms with Gasteiger partial charge in [0, 0.05) is 24.8 Å². The number of carbonyl (C=O) groups is 1. The van der Waals surface area contributed by atoms with E-state index in [4.69, 9.17) is 5.73 Å². The molecule has 0 radical (unpaired) electrons. The van der Waals surface area contributed by atoms with Gasteiger partial charge in [0.25, 0.3) is 0 Å². The molecule has 0 bridgehead atoms. The first kappa shape index (κ1) is 6.67. The minimum absolute atomic E-state index is 0.231. The molecule has 4 nitrogen and oxygen atoms in total. The number of amides is 1. The van der Waals surface area contributed by atoms with Crippen molar-refractivity contribution in [3.8, 4) is 0 Å². The molecule has 0 atom stereocenters. The van der Waals surface area contributed by atoms with Crippen molar-refractivity contribution in [1.29, 1.82) is 0 Å². The van der Waals surface area contributed by atoms with Crippen molar-refractivity contribution in [2.45, 2.75) is 0 Å². The summed E-state index contributed by atoms with van der Waals surface area (Å²) in [6, 6.07) is 0. The Morgan fingerprint density at radius 3 is 2.60 bits per heavy atom. The Balaban J connectivity index is 2.40. The Hall–Kier alpha value is -1.45. The summed E-state index contributed by atoms with van der Waals surface area (Å²) in [4.78, 5) is 12.1. The highest BCUT2D eigenvalue weighted by molar-refractivity contribution is 5.76. The SMILES string of the molecule is NC(=O)CN1C=CNC=C1. The summed E-state index contributed by atoms with van der Waals surface area (Å²) < 4.78 is 0. The van der Waals surface area contributed by atoms with E-state index in [0.717, 1.165) is 0 Å². The number of nitrogens with one attached hydrogen (secondary N) is 1. The number of hydrogen-bond acceptors (Lipinski definition) is 3. The molecule has 0 aromatic rings. The van der Waals surface area contributed by atoms with Crippen LogP contribution in [0.5, 0.6) is 0 Å². The van der Waals surface area contributed by atoms with E-state index in [1.165, 1.54) is 0 Å². The average Bonchev–Trinajstić information content (AvgIpc) is 1.88. The molecular formula is C6H9N3O. The lowest BCUT2D eigenvalue weighted by atomic mass is 10.5. The normalized spacial score (nSPS) is 15.0. The number of nitrogens with zero attached hydrogens (tertiary/aromatic N) is 1. The highest BCUT2D eigenvalue weighted by atomic mass is 16.1. The Bertz CT molecular complexity index is 173. The topological polar surface area (TPSA) is 58.4 Å². The molecule has 0 fully saturated rings. The summed E-state index contributed by atoms with van der Waals surface area (Å²) in [6.45, 7) is 0.231. The lowest BCUT2D eigenvalue weighted by molar-refractivity contribution is -0.118. The summed E-state index contributed by atoms with van der Waals surface area (Å²) in [5, 5.41) is 2.83. The van der Waals surface area contributed by atoms with E-state index in [9.17, 15) is 4.79 Å². The molecule has 0 spiro atoms. The largest absolute Gasteiger partial charge is 0.368 e. The monoisotopic (exact) mass is 139 g/mol. The molecule has 1 aliphatic rings. The molecule has 3 N–H and O–H groups in total. The van der Waals surface area contributed by atoms with Crippen molar-refractivity contribution in [2.75, 3.05) is 6.54 Å². The van der Waals surface area contributed by atoms with Crippen molar-refractivity contribution >= 4 is 5.91 Å². The maximum Gasteiger partial charge on any atom is 0.237 e. The predicted octanol–water partition coefficient (Wildman–Crippen LogP) is -0.681. The first-order chi connectivity index (χ1) is 4.79. The van der Waals surface area contributed by atoms with Crippen LogP contribution in [0, 0.1) is 0 Å². The lowest BCUT2D eigenvalue weighted by Crippen LogP contribution is -2.28. The Labute approximate surface area is 59.0 Å². The summed E-state index contributed by atoms with van der Waals surface area (Å²) in [6.07, 6.45) is 6.93. The van der Waals surface area contributed by atoms with E-state index in [-0.39, 0.29) is 12.5 Å². The van der Waals surface area contributed by atoms with E-state index in [1.54, 1.807) is 29.7 Å². The van der Waals surface area contributed by atoms with Crippen LogP contribution in [0.3, 0.4) is 0 Å². The van der Waals surface area contributed by atoms with Crippen LogP contribution in [-0.4, -0.2) is 17.4 Å². The molecule has 0 unspecified atom stereocenters. The third-order valence-electron chi connectivity index (χ3n) is 1.06. The van der Waals surface area contributed by atoms with Gasteiger partial charge < -0.3 is 16.0 Å². The second-order valence-electron chi connectivity index (χ2n) is 1.94. The predicted molar refractivity (Wildman–Crippen MR) is 37.3 cm³/mol. The first-order valence-electron chi connectivity index (χ1n) is 2.92. The Morgan fingerprint density at radius 2 is 2.10 bits per heavy atom. The molecule has 0 aromatic heterocycles. The molecule has 0 saturated heterocycles. The molecule has 54 valence electrons. The third-order valence-corrected chi connectivity index (χ3v) is 1.06.